The number of ether oxygens (including phenoxy) is 1. The van der Waals surface area contributed by atoms with Gasteiger partial charge in [0.15, 0.2) is 6.61 Å². The van der Waals surface area contributed by atoms with Crippen LogP contribution in [0, 0.1) is 0 Å². The largest absolute Gasteiger partial charge is 0.484 e. The Kier molecular flexibility index (Phi) is 5.97. The first-order chi connectivity index (χ1) is 10.6. The van der Waals surface area contributed by atoms with Crippen LogP contribution in [0.15, 0.2) is 59.1 Å². The molecule has 0 heterocycles. The molecule has 22 heavy (non-hydrogen) atoms. The van der Waals surface area contributed by atoms with Crippen LogP contribution in [-0.4, -0.2) is 18.4 Å². The van der Waals surface area contributed by atoms with Crippen LogP contribution in [0.25, 0.3) is 0 Å². The molecule has 114 valence electrons. The van der Waals surface area contributed by atoms with E-state index in [4.69, 9.17) is 4.74 Å². The average molecular weight is 363 g/mol. The van der Waals surface area contributed by atoms with Gasteiger partial charge in [0.25, 0.3) is 5.91 Å². The second-order valence-corrected chi connectivity index (χ2v) is 5.42. The molecule has 0 spiro atoms. The molecule has 0 aromatic heterocycles. The molecule has 2 amide bonds. The monoisotopic (exact) mass is 362 g/mol. The van der Waals surface area contributed by atoms with Crippen LogP contribution in [0.2, 0.25) is 0 Å². The summed E-state index contributed by atoms with van der Waals surface area (Å²) in [6, 6.07) is 16.4. The molecule has 6 heteroatoms. The first-order valence-corrected chi connectivity index (χ1v) is 7.43. The summed E-state index contributed by atoms with van der Waals surface area (Å²) in [5.74, 6) is -0.138. The van der Waals surface area contributed by atoms with Crippen LogP contribution in [-0.2, 0) is 16.0 Å². The van der Waals surface area contributed by atoms with Crippen molar-refractivity contribution >= 4 is 27.7 Å². The van der Waals surface area contributed by atoms with E-state index in [-0.39, 0.29) is 18.9 Å². The summed E-state index contributed by atoms with van der Waals surface area (Å²) in [5.41, 5.74) is 5.54. The Balaban J connectivity index is 1.69. The van der Waals surface area contributed by atoms with Gasteiger partial charge in [-0.3, -0.25) is 20.4 Å². The zero-order valence-electron chi connectivity index (χ0n) is 11.7. The quantitative estimate of drug-likeness (QED) is 0.801. The van der Waals surface area contributed by atoms with Crippen molar-refractivity contribution in [1.82, 2.24) is 10.9 Å². The Morgan fingerprint density at radius 2 is 1.55 bits per heavy atom. The maximum atomic E-state index is 11.7. The fourth-order valence-electron chi connectivity index (χ4n) is 1.68. The van der Waals surface area contributed by atoms with E-state index >= 15 is 0 Å². The lowest BCUT2D eigenvalue weighted by atomic mass is 10.1. The molecule has 0 bridgehead atoms. The highest BCUT2D eigenvalue weighted by Crippen LogP contribution is 2.15. The number of hydrogen-bond donors (Lipinski definition) is 2. The molecular weight excluding hydrogens is 348 g/mol. The topological polar surface area (TPSA) is 67.4 Å². The van der Waals surface area contributed by atoms with Gasteiger partial charge in [-0.1, -0.05) is 46.3 Å². The number of carbonyl (C=O) groups excluding carboxylic acids is 2. The van der Waals surface area contributed by atoms with Crippen LogP contribution in [0.1, 0.15) is 5.56 Å². The summed E-state index contributed by atoms with van der Waals surface area (Å²) >= 11 is 3.31. The summed E-state index contributed by atoms with van der Waals surface area (Å²) in [5, 5.41) is 0. The number of halogens is 1. The van der Waals surface area contributed by atoms with Crippen molar-refractivity contribution in [2.75, 3.05) is 6.61 Å². The summed E-state index contributed by atoms with van der Waals surface area (Å²) < 4.78 is 6.22. The van der Waals surface area contributed by atoms with E-state index in [1.54, 1.807) is 12.1 Å². The smallest absolute Gasteiger partial charge is 0.276 e. The van der Waals surface area contributed by atoms with E-state index in [1.807, 2.05) is 42.5 Å². The third-order valence-corrected chi connectivity index (χ3v) is 3.26. The third-order valence-electron chi connectivity index (χ3n) is 2.73. The summed E-state index contributed by atoms with van der Waals surface area (Å²) in [6.07, 6.45) is 0.203. The van der Waals surface area contributed by atoms with E-state index in [0.29, 0.717) is 5.75 Å². The lowest BCUT2D eigenvalue weighted by molar-refractivity contribution is -0.129. The molecule has 0 fully saturated rings. The maximum Gasteiger partial charge on any atom is 0.276 e. The number of amides is 2. The molecule has 5 nitrogen and oxygen atoms in total. The lowest BCUT2D eigenvalue weighted by Gasteiger charge is -2.09. The van der Waals surface area contributed by atoms with Crippen molar-refractivity contribution in [1.29, 1.82) is 0 Å². The van der Waals surface area contributed by atoms with E-state index in [9.17, 15) is 9.59 Å². The first-order valence-electron chi connectivity index (χ1n) is 6.63. The zero-order valence-corrected chi connectivity index (χ0v) is 13.3. The molecule has 2 rings (SSSR count). The number of nitrogens with one attached hydrogen (secondary N) is 2. The Labute approximate surface area is 136 Å². The molecule has 2 aromatic carbocycles. The number of hydrazine groups is 1. The molecule has 0 saturated heterocycles. The number of benzene rings is 2. The second kappa shape index (κ2) is 8.19. The van der Waals surface area contributed by atoms with Gasteiger partial charge in [0.05, 0.1) is 6.42 Å². The van der Waals surface area contributed by atoms with E-state index in [2.05, 4.69) is 26.8 Å². The Morgan fingerprint density at radius 3 is 2.23 bits per heavy atom. The van der Waals surface area contributed by atoms with Gasteiger partial charge in [-0.25, -0.2) is 0 Å². The summed E-state index contributed by atoms with van der Waals surface area (Å²) in [6.45, 7) is -0.173. The minimum Gasteiger partial charge on any atom is -0.484 e. The van der Waals surface area contributed by atoms with E-state index < -0.39 is 5.91 Å². The molecule has 0 unspecified atom stereocenters. The van der Waals surface area contributed by atoms with Gasteiger partial charge in [0, 0.05) is 4.47 Å². The van der Waals surface area contributed by atoms with Gasteiger partial charge in [0.1, 0.15) is 5.75 Å². The van der Waals surface area contributed by atoms with Crippen LogP contribution in [0.3, 0.4) is 0 Å². The van der Waals surface area contributed by atoms with Crippen LogP contribution >= 0.6 is 15.9 Å². The van der Waals surface area contributed by atoms with Gasteiger partial charge >= 0.3 is 0 Å². The molecule has 0 aliphatic rings. The third kappa shape index (κ3) is 5.57. The Morgan fingerprint density at radius 1 is 0.909 bits per heavy atom. The summed E-state index contributed by atoms with van der Waals surface area (Å²) in [7, 11) is 0. The van der Waals surface area contributed by atoms with Crippen LogP contribution in [0.4, 0.5) is 0 Å². The highest BCUT2D eigenvalue weighted by atomic mass is 79.9. The average Bonchev–Trinajstić information content (AvgIpc) is 2.53. The molecular formula is C16H15BrN2O3. The SMILES string of the molecule is O=C(COc1ccc(Br)cc1)NNC(=O)Cc1ccccc1. The number of rotatable bonds is 5. The van der Waals surface area contributed by atoms with E-state index in [1.165, 1.54) is 0 Å². The molecule has 0 aliphatic heterocycles. The van der Waals surface area contributed by atoms with Crippen LogP contribution < -0.4 is 15.6 Å². The Bertz CT molecular complexity index is 630. The normalized spacial score (nSPS) is 9.86. The fourth-order valence-corrected chi connectivity index (χ4v) is 1.94. The van der Waals surface area contributed by atoms with Crippen molar-refractivity contribution in [2.24, 2.45) is 0 Å². The van der Waals surface area contributed by atoms with Gasteiger partial charge in [-0.2, -0.15) is 0 Å². The zero-order chi connectivity index (χ0) is 15.8. The predicted molar refractivity (Wildman–Crippen MR) is 86.1 cm³/mol. The van der Waals surface area contributed by atoms with Gasteiger partial charge in [-0.15, -0.1) is 0 Å². The fraction of sp³-hybridized carbons (Fsp3) is 0.125. The van der Waals surface area contributed by atoms with Crippen molar-refractivity contribution in [2.45, 2.75) is 6.42 Å². The van der Waals surface area contributed by atoms with Gasteiger partial charge < -0.3 is 4.74 Å². The van der Waals surface area contributed by atoms with E-state index in [0.717, 1.165) is 10.0 Å². The summed E-state index contributed by atoms with van der Waals surface area (Å²) in [4.78, 5) is 23.2. The number of hydrogen-bond acceptors (Lipinski definition) is 3. The van der Waals surface area contributed by atoms with Crippen molar-refractivity contribution in [3.63, 3.8) is 0 Å². The lowest BCUT2D eigenvalue weighted by Crippen LogP contribution is -2.44. The highest BCUT2D eigenvalue weighted by molar-refractivity contribution is 9.10. The van der Waals surface area contributed by atoms with Crippen molar-refractivity contribution < 1.29 is 14.3 Å². The molecule has 2 N–H and O–H groups in total. The minimum absolute atomic E-state index is 0.173. The minimum atomic E-state index is -0.427. The standard InChI is InChI=1S/C16H15BrN2O3/c17-13-6-8-14(9-7-13)22-11-16(21)19-18-15(20)10-12-4-2-1-3-5-12/h1-9H,10-11H2,(H,18,20)(H,19,21). The first kappa shape index (κ1) is 16.0. The van der Waals surface area contributed by atoms with Gasteiger partial charge in [-0.05, 0) is 29.8 Å². The molecule has 0 atom stereocenters. The molecule has 2 aromatic rings. The van der Waals surface area contributed by atoms with Crippen LogP contribution in [0.5, 0.6) is 5.75 Å². The highest BCUT2D eigenvalue weighted by Gasteiger charge is 2.06. The van der Waals surface area contributed by atoms with Crippen molar-refractivity contribution in [3.05, 3.63) is 64.6 Å². The van der Waals surface area contributed by atoms with Gasteiger partial charge in [0.2, 0.25) is 5.91 Å². The molecule has 0 aliphatic carbocycles. The second-order valence-electron chi connectivity index (χ2n) is 4.50. The molecule has 0 radical (unpaired) electrons. The predicted octanol–water partition coefficient (Wildman–Crippen LogP) is 2.22. The van der Waals surface area contributed by atoms with Crippen molar-refractivity contribution in [3.8, 4) is 5.75 Å². The molecule has 0 saturated carbocycles. The maximum absolute atomic E-state index is 11.7. The number of carbonyl (C=O) groups is 2. The Hall–Kier alpha value is -2.34.